The molecule has 14 N–H and O–H groups in total. The predicted molar refractivity (Wildman–Crippen MR) is 116 cm³/mol. The topological polar surface area (TPSA) is 437 Å². The van der Waals surface area contributed by atoms with Crippen molar-refractivity contribution in [3.05, 3.63) is 0 Å². The molecule has 0 radical (unpaired) electrons. The molecule has 0 heterocycles. The van der Waals surface area contributed by atoms with Gasteiger partial charge in [-0.05, 0) is 0 Å². The van der Waals surface area contributed by atoms with E-state index in [-0.39, 0.29) is 12.8 Å². The van der Waals surface area contributed by atoms with Crippen LogP contribution in [0.1, 0.15) is 25.7 Å². The molecule has 4 atom stereocenters. The molecule has 0 rings (SSSR count). The van der Waals surface area contributed by atoms with E-state index in [1.165, 1.54) is 0 Å². The second kappa shape index (κ2) is 20.9. The Morgan fingerprint density at radius 1 is 0.415 bits per heavy atom. The summed E-state index contributed by atoms with van der Waals surface area (Å²) >= 11 is 0. The van der Waals surface area contributed by atoms with Gasteiger partial charge >= 0.3 is 53.7 Å². The van der Waals surface area contributed by atoms with E-state index in [4.69, 9.17) is 71.5 Å². The number of carboxylic acids is 9. The fourth-order valence-corrected chi connectivity index (χ4v) is 1.47. The Labute approximate surface area is 225 Å². The van der Waals surface area contributed by atoms with Gasteiger partial charge in [0.05, 0.1) is 25.7 Å². The van der Waals surface area contributed by atoms with Gasteiger partial charge in [-0.1, -0.05) is 0 Å². The van der Waals surface area contributed by atoms with Crippen molar-refractivity contribution in [1.82, 2.24) is 0 Å². The van der Waals surface area contributed by atoms with Gasteiger partial charge in [0.25, 0.3) is 0 Å². The van der Waals surface area contributed by atoms with E-state index in [0.717, 1.165) is 0 Å². The van der Waals surface area contributed by atoms with Gasteiger partial charge in [0.15, 0.2) is 30.0 Å². The highest BCUT2D eigenvalue weighted by Crippen LogP contribution is 2.15. The summed E-state index contributed by atoms with van der Waals surface area (Å²) in [6.07, 6.45) is -11.9. The Kier molecular flexibility index (Phi) is 22.0. The van der Waals surface area contributed by atoms with Gasteiger partial charge in [0, 0.05) is 0 Å². The van der Waals surface area contributed by atoms with Crippen LogP contribution in [-0.4, -0.2) is 155 Å². The largest absolute Gasteiger partial charge is 0.481 e. The Morgan fingerprint density at radius 3 is 0.707 bits per heavy atom. The molecule has 23 heteroatoms. The van der Waals surface area contributed by atoms with Crippen LogP contribution in [0.2, 0.25) is 0 Å². The van der Waals surface area contributed by atoms with Crippen LogP contribution < -0.4 is 0 Å². The van der Waals surface area contributed by atoms with Gasteiger partial charge in [0.2, 0.25) is 0 Å². The van der Waals surface area contributed by atoms with Gasteiger partial charge < -0.3 is 71.5 Å². The maximum Gasteiger partial charge on any atom is 0.336 e. The third-order valence-electron chi connectivity index (χ3n) is 3.45. The van der Waals surface area contributed by atoms with Crippen LogP contribution >= 0.6 is 0 Å². The lowest BCUT2D eigenvalue weighted by molar-refractivity contribution is -0.170. The molecular weight excluding hydrogens is 584 g/mol. The maximum absolute atomic E-state index is 10.3. The van der Waals surface area contributed by atoms with Gasteiger partial charge in [-0.25, -0.2) is 24.0 Å². The normalized spacial score (nSPS) is 12.8. The smallest absolute Gasteiger partial charge is 0.336 e. The summed E-state index contributed by atoms with van der Waals surface area (Å²) in [4.78, 5) is 88.9. The number of aliphatic hydroxyl groups excluding tert-OH is 4. The number of rotatable bonds is 14. The van der Waals surface area contributed by atoms with Crippen molar-refractivity contribution >= 4 is 53.7 Å². The van der Waals surface area contributed by atoms with Gasteiger partial charge in [0.1, 0.15) is 0 Å². The summed E-state index contributed by atoms with van der Waals surface area (Å²) in [5, 5.41) is 115. The van der Waals surface area contributed by atoms with Crippen LogP contribution in [-0.2, 0) is 43.2 Å². The maximum atomic E-state index is 10.3. The van der Waals surface area contributed by atoms with E-state index in [1.807, 2.05) is 0 Å². The summed E-state index contributed by atoms with van der Waals surface area (Å²) in [5.74, 6) is -14.2. The lowest BCUT2D eigenvalue weighted by atomic mass is 9.96. The van der Waals surface area contributed by atoms with E-state index < -0.39 is 96.6 Å². The van der Waals surface area contributed by atoms with Crippen molar-refractivity contribution in [1.29, 1.82) is 0 Å². The third-order valence-corrected chi connectivity index (χ3v) is 3.45. The Morgan fingerprint density at radius 2 is 0.610 bits per heavy atom. The van der Waals surface area contributed by atoms with Crippen LogP contribution in [0.3, 0.4) is 0 Å². The molecule has 0 aromatic carbocycles. The average molecular weight is 610 g/mol. The van der Waals surface area contributed by atoms with Crippen LogP contribution in [0.15, 0.2) is 0 Å². The molecule has 0 bridgehead atoms. The highest BCUT2D eigenvalue weighted by molar-refractivity contribution is 5.88. The first-order chi connectivity index (χ1) is 18.3. The molecule has 0 aromatic rings. The van der Waals surface area contributed by atoms with Crippen LogP contribution in [0.25, 0.3) is 0 Å². The van der Waals surface area contributed by atoms with Crippen LogP contribution in [0.4, 0.5) is 0 Å². The molecule has 0 saturated heterocycles. The number of hydrogen-bond acceptors (Lipinski definition) is 14. The molecule has 0 aliphatic rings. The lowest BCUT2D eigenvalue weighted by Crippen LogP contribution is -2.42. The minimum Gasteiger partial charge on any atom is -0.481 e. The molecule has 0 aliphatic heterocycles. The first-order valence-electron chi connectivity index (χ1n) is 9.80. The highest BCUT2D eigenvalue weighted by Gasteiger charge is 2.40. The van der Waals surface area contributed by atoms with Crippen molar-refractivity contribution in [2.24, 2.45) is 0 Å². The number of aliphatic hydroxyl groups is 5. The van der Waals surface area contributed by atoms with Crippen molar-refractivity contribution in [2.45, 2.75) is 55.7 Å². The molecule has 0 fully saturated rings. The molecular formula is C18H26O23. The second-order valence-electron chi connectivity index (χ2n) is 6.90. The monoisotopic (exact) mass is 610 g/mol. The zero-order valence-corrected chi connectivity index (χ0v) is 20.1. The molecule has 0 aromatic heterocycles. The Hall–Kier alpha value is -4.97. The van der Waals surface area contributed by atoms with Crippen LogP contribution in [0, 0.1) is 0 Å². The first kappa shape index (κ1) is 43.1. The van der Waals surface area contributed by atoms with Crippen molar-refractivity contribution in [3.63, 3.8) is 0 Å². The van der Waals surface area contributed by atoms with Crippen LogP contribution in [0.5, 0.6) is 0 Å². The van der Waals surface area contributed by atoms with E-state index in [2.05, 4.69) is 0 Å². The van der Waals surface area contributed by atoms with Crippen molar-refractivity contribution in [2.75, 3.05) is 0 Å². The van der Waals surface area contributed by atoms with Crippen molar-refractivity contribution < 1.29 is 115 Å². The lowest BCUT2D eigenvalue weighted by Gasteiger charge is -2.18. The van der Waals surface area contributed by atoms with E-state index in [1.54, 1.807) is 0 Å². The molecule has 0 amide bonds. The number of aliphatic carboxylic acids is 9. The van der Waals surface area contributed by atoms with E-state index in [9.17, 15) is 43.2 Å². The molecule has 41 heavy (non-hydrogen) atoms. The predicted octanol–water partition coefficient (Wildman–Crippen LogP) is -5.56. The fourth-order valence-electron chi connectivity index (χ4n) is 1.47. The molecule has 23 nitrogen and oxygen atoms in total. The number of carboxylic acid groups (broad SMARTS) is 9. The summed E-state index contributed by atoms with van der Waals surface area (Å²) in [5.41, 5.74) is -2.74. The fraction of sp³-hybridized carbons (Fsp3) is 0.500. The standard InChI is InChI=1S/C6H8O7.2C4H6O6.C4H6O4/c7-3(8)1-6(13,5(11)12)2-4(9)10;2*5-1(3(7)8)2(6)4(9)10;5-3(6)1-2-4(7)8/h13H,1-2H2,(H,7,8)(H,9,10)(H,11,12);2*1-2,5-6H,(H,7,8)(H,9,10);1-2H2,(H,5,6)(H,7,8). The number of carbonyl (C=O) groups is 9. The zero-order valence-electron chi connectivity index (χ0n) is 20.1. The first-order valence-corrected chi connectivity index (χ1v) is 9.80. The Balaban J connectivity index is -0.000000226. The third kappa shape index (κ3) is 23.8. The highest BCUT2D eigenvalue weighted by atomic mass is 16.5. The average Bonchev–Trinajstić information content (AvgIpc) is 2.80. The van der Waals surface area contributed by atoms with Crippen molar-refractivity contribution in [3.8, 4) is 0 Å². The molecule has 236 valence electrons. The second-order valence-corrected chi connectivity index (χ2v) is 6.90. The number of hydrogen-bond donors (Lipinski definition) is 14. The van der Waals surface area contributed by atoms with Gasteiger partial charge in [-0.15, -0.1) is 0 Å². The van der Waals surface area contributed by atoms with Gasteiger partial charge in [-0.3, -0.25) is 19.2 Å². The molecule has 0 aliphatic carbocycles. The molecule has 0 spiro atoms. The zero-order chi connectivity index (χ0) is 33.8. The minimum absolute atomic E-state index is 0.296. The summed E-state index contributed by atoms with van der Waals surface area (Å²) in [7, 11) is 0. The van der Waals surface area contributed by atoms with E-state index in [0.29, 0.717) is 0 Å². The summed E-state index contributed by atoms with van der Waals surface area (Å²) < 4.78 is 0. The minimum atomic E-state index is -2.74. The summed E-state index contributed by atoms with van der Waals surface area (Å²) in [6.45, 7) is 0. The van der Waals surface area contributed by atoms with E-state index >= 15 is 0 Å². The quantitative estimate of drug-likeness (QED) is 0.0871. The molecule has 0 saturated carbocycles. The van der Waals surface area contributed by atoms with Gasteiger partial charge in [-0.2, -0.15) is 0 Å². The summed E-state index contributed by atoms with van der Waals surface area (Å²) in [6, 6.07) is 0. The Bertz CT molecular complexity index is 850. The molecule has 4 unspecified atom stereocenters. The SMILES string of the molecule is O=C(O)C(O)C(O)C(=O)O.O=C(O)C(O)C(O)C(=O)O.O=C(O)CC(O)(CC(=O)O)C(=O)O.O=C(O)CCC(=O)O.